The molecular weight excluding hydrogens is 402 g/mol. The van der Waals surface area contributed by atoms with Crippen LogP contribution in [0.15, 0.2) is 73.9 Å². The van der Waals surface area contributed by atoms with E-state index in [-0.39, 0.29) is 35.4 Å². The number of benzene rings is 1. The zero-order valence-electron chi connectivity index (χ0n) is 16.8. The van der Waals surface area contributed by atoms with Gasteiger partial charge in [0.2, 0.25) is 0 Å². The topological polar surface area (TPSA) is 130 Å². The summed E-state index contributed by atoms with van der Waals surface area (Å²) in [4.78, 5) is 64.6. The van der Waals surface area contributed by atoms with Crippen molar-refractivity contribution in [3.8, 4) is 0 Å². The van der Waals surface area contributed by atoms with E-state index < -0.39 is 0 Å². The van der Waals surface area contributed by atoms with Crippen molar-refractivity contribution < 1.29 is 28.8 Å². The van der Waals surface area contributed by atoms with E-state index in [0.29, 0.717) is 12.1 Å². The monoisotopic (exact) mass is 423 g/mol. The zero-order valence-corrected chi connectivity index (χ0v) is 16.8. The molecule has 4 rings (SSSR count). The summed E-state index contributed by atoms with van der Waals surface area (Å²) in [7, 11) is 0. The van der Waals surface area contributed by atoms with Crippen LogP contribution in [0, 0.1) is 0 Å². The van der Waals surface area contributed by atoms with Crippen LogP contribution in [0.4, 0.5) is 0 Å². The normalized spacial score (nSPS) is 15.8. The lowest BCUT2D eigenvalue weighted by atomic mass is 10.1. The quantitative estimate of drug-likeness (QED) is 0.531. The maximum atomic E-state index is 11.8. The molecule has 9 heteroatoms. The van der Waals surface area contributed by atoms with E-state index in [1.165, 1.54) is 35.3 Å². The van der Waals surface area contributed by atoms with Gasteiger partial charge in [0.15, 0.2) is 0 Å². The number of hydrogen-bond donors (Lipinski definition) is 2. The Morgan fingerprint density at radius 3 is 1.45 bits per heavy atom. The first kappa shape index (κ1) is 24.6. The summed E-state index contributed by atoms with van der Waals surface area (Å²) in [5.41, 5.74) is 1.29. The van der Waals surface area contributed by atoms with Crippen molar-refractivity contribution >= 4 is 41.0 Å². The second kappa shape index (κ2) is 12.2. The van der Waals surface area contributed by atoms with E-state index in [4.69, 9.17) is 0 Å². The van der Waals surface area contributed by atoms with Crippen molar-refractivity contribution in [3.05, 3.63) is 79.4 Å². The summed E-state index contributed by atoms with van der Waals surface area (Å²) in [6.07, 6.45) is 6.19. The second-order valence-corrected chi connectivity index (χ2v) is 5.69. The molecule has 1 aromatic rings. The number of carbonyl (C=O) groups is 6. The molecule has 0 bridgehead atoms. The van der Waals surface area contributed by atoms with Gasteiger partial charge < -0.3 is 0 Å². The van der Waals surface area contributed by atoms with Gasteiger partial charge in [-0.3, -0.25) is 44.3 Å². The van der Waals surface area contributed by atoms with Gasteiger partial charge in [-0.25, -0.2) is 0 Å². The Bertz CT molecular complexity index is 908. The number of imide groups is 3. The second-order valence-electron chi connectivity index (χ2n) is 5.69. The van der Waals surface area contributed by atoms with E-state index in [1.807, 2.05) is 41.0 Å². The summed E-state index contributed by atoms with van der Waals surface area (Å²) in [5, 5.41) is 4.06. The van der Waals surface area contributed by atoms with E-state index in [1.54, 1.807) is 6.92 Å². The highest BCUT2D eigenvalue weighted by Gasteiger charge is 2.29. The van der Waals surface area contributed by atoms with Gasteiger partial charge in [-0.15, -0.1) is 13.2 Å². The first-order valence-corrected chi connectivity index (χ1v) is 9.00. The molecule has 0 fully saturated rings. The fraction of sp³-hybridized carbons (Fsp3) is 0.0909. The lowest BCUT2D eigenvalue weighted by Gasteiger charge is -2.10. The molecule has 160 valence electrons. The predicted molar refractivity (Wildman–Crippen MR) is 113 cm³/mol. The zero-order chi connectivity index (χ0) is 23.4. The molecule has 0 saturated carbocycles. The lowest BCUT2D eigenvalue weighted by Crippen LogP contribution is -2.30. The number of rotatable bonds is 2. The van der Waals surface area contributed by atoms with Crippen LogP contribution in [-0.4, -0.2) is 46.9 Å². The van der Waals surface area contributed by atoms with E-state index >= 15 is 0 Å². The molecule has 3 aliphatic rings. The third kappa shape index (κ3) is 7.50. The molecule has 0 aromatic heterocycles. The van der Waals surface area contributed by atoms with E-state index in [0.717, 1.165) is 5.56 Å². The van der Waals surface area contributed by atoms with Crippen LogP contribution in [-0.2, 0) is 28.8 Å². The Kier molecular flexibility index (Phi) is 9.72. The minimum Gasteiger partial charge on any atom is -0.289 e. The fourth-order valence-electron chi connectivity index (χ4n) is 2.34. The smallest absolute Gasteiger partial charge is 0.261 e. The number of amides is 6. The lowest BCUT2D eigenvalue weighted by molar-refractivity contribution is -0.136. The summed E-state index contributed by atoms with van der Waals surface area (Å²) in [6.45, 7) is 8.21. The highest BCUT2D eigenvalue weighted by molar-refractivity contribution is 6.33. The molecular formula is C22H21N3O6. The molecule has 0 radical (unpaired) electrons. The number of likely N-dealkylation sites (N-methyl/N-ethyl adjacent to an activating group) is 1. The third-order valence-corrected chi connectivity index (χ3v) is 3.68. The van der Waals surface area contributed by atoms with Crippen molar-refractivity contribution in [2.24, 2.45) is 0 Å². The molecule has 6 amide bonds. The van der Waals surface area contributed by atoms with E-state index in [2.05, 4.69) is 13.2 Å². The number of carbonyl (C=O) groups excluding carboxylic acids is 6. The fourth-order valence-corrected chi connectivity index (χ4v) is 2.34. The van der Waals surface area contributed by atoms with Gasteiger partial charge >= 0.3 is 0 Å². The molecule has 1 aromatic carbocycles. The maximum absolute atomic E-state index is 11.8. The van der Waals surface area contributed by atoms with Gasteiger partial charge in [0.1, 0.15) is 0 Å². The van der Waals surface area contributed by atoms with Crippen LogP contribution in [0.1, 0.15) is 12.5 Å². The Balaban J connectivity index is 0.000000251. The molecule has 0 unspecified atom stereocenters. The van der Waals surface area contributed by atoms with Crippen molar-refractivity contribution in [1.29, 1.82) is 0 Å². The summed E-state index contributed by atoms with van der Waals surface area (Å²) < 4.78 is 0. The molecule has 9 nitrogen and oxygen atoms in total. The van der Waals surface area contributed by atoms with Gasteiger partial charge in [-0.1, -0.05) is 30.3 Å². The SMILES string of the molecule is C=C.CCN1C(=O)C=C(c2ccccc2)C1=O.O=C1C=CC(=O)N1.O=C1C=CC(=O)N1. The molecule has 0 atom stereocenters. The van der Waals surface area contributed by atoms with Crippen molar-refractivity contribution in [2.45, 2.75) is 6.92 Å². The first-order valence-electron chi connectivity index (χ1n) is 9.00. The van der Waals surface area contributed by atoms with Crippen LogP contribution in [0.5, 0.6) is 0 Å². The van der Waals surface area contributed by atoms with Gasteiger partial charge in [-0.2, -0.15) is 0 Å². The maximum Gasteiger partial charge on any atom is 0.261 e. The first-order chi connectivity index (χ1) is 14.8. The Labute approximate surface area is 178 Å². The third-order valence-electron chi connectivity index (χ3n) is 3.68. The van der Waals surface area contributed by atoms with Crippen LogP contribution in [0.3, 0.4) is 0 Å². The standard InChI is InChI=1S/C12H11NO2.2C4H3NO2.C2H4/c1-2-13-11(14)8-10(12(13)15)9-6-4-3-5-7-9;2*6-3-1-2-4(7)5-3;1-2/h3-8H,2H2,1H3;2*1-2H,(H,5,6,7);1-2H2. The number of hydrogen-bond acceptors (Lipinski definition) is 6. The van der Waals surface area contributed by atoms with Crippen molar-refractivity contribution in [3.63, 3.8) is 0 Å². The molecule has 0 spiro atoms. The van der Waals surface area contributed by atoms with Crippen LogP contribution >= 0.6 is 0 Å². The average Bonchev–Trinajstić information content (AvgIpc) is 3.43. The summed E-state index contributed by atoms with van der Waals surface area (Å²) in [6, 6.07) is 9.24. The molecule has 31 heavy (non-hydrogen) atoms. The van der Waals surface area contributed by atoms with Gasteiger partial charge in [0.25, 0.3) is 35.4 Å². The minimum atomic E-state index is -0.329. The Morgan fingerprint density at radius 1 is 0.742 bits per heavy atom. The Morgan fingerprint density at radius 2 is 1.16 bits per heavy atom. The van der Waals surface area contributed by atoms with Crippen LogP contribution < -0.4 is 10.6 Å². The summed E-state index contributed by atoms with van der Waals surface area (Å²) in [5.74, 6) is -1.74. The molecule has 2 N–H and O–H groups in total. The van der Waals surface area contributed by atoms with Crippen LogP contribution in [0.2, 0.25) is 0 Å². The van der Waals surface area contributed by atoms with E-state index in [9.17, 15) is 28.8 Å². The molecule has 0 aliphatic carbocycles. The van der Waals surface area contributed by atoms with Gasteiger partial charge in [-0.05, 0) is 12.5 Å². The van der Waals surface area contributed by atoms with Crippen molar-refractivity contribution in [2.75, 3.05) is 6.54 Å². The molecule has 3 heterocycles. The molecule has 3 aliphatic heterocycles. The highest BCUT2D eigenvalue weighted by atomic mass is 16.2. The molecule has 0 saturated heterocycles. The van der Waals surface area contributed by atoms with Crippen LogP contribution in [0.25, 0.3) is 5.57 Å². The highest BCUT2D eigenvalue weighted by Crippen LogP contribution is 2.22. The average molecular weight is 423 g/mol. The number of nitrogens with zero attached hydrogens (tertiary/aromatic N) is 1. The van der Waals surface area contributed by atoms with Gasteiger partial charge in [0, 0.05) is 36.9 Å². The summed E-state index contributed by atoms with van der Waals surface area (Å²) >= 11 is 0. The largest absolute Gasteiger partial charge is 0.289 e. The minimum absolute atomic E-state index is 0.200. The van der Waals surface area contributed by atoms with Crippen molar-refractivity contribution in [1.82, 2.24) is 15.5 Å². The Hall–Kier alpha value is -4.40. The number of nitrogens with one attached hydrogen (secondary N) is 2. The predicted octanol–water partition coefficient (Wildman–Crippen LogP) is 0.659. The van der Waals surface area contributed by atoms with Gasteiger partial charge in [0.05, 0.1) is 5.57 Å².